The van der Waals surface area contributed by atoms with Crippen LogP contribution in [-0.2, 0) is 10.0 Å². The van der Waals surface area contributed by atoms with Gasteiger partial charge in [-0.25, -0.2) is 8.42 Å². The van der Waals surface area contributed by atoms with Gasteiger partial charge in [0.15, 0.2) is 0 Å². The fraction of sp³-hybridized carbons (Fsp3) is 0.154. The molecule has 0 atom stereocenters. The molecule has 5 nitrogen and oxygen atoms in total. The Morgan fingerprint density at radius 2 is 1.82 bits per heavy atom. The lowest BCUT2D eigenvalue weighted by Gasteiger charge is -2.10. The molecule has 0 aliphatic rings. The number of hydrogen-bond donors (Lipinski definition) is 1. The predicted octanol–water partition coefficient (Wildman–Crippen LogP) is 4.09. The zero-order valence-electron chi connectivity index (χ0n) is 11.7. The standard InChI is InChI=1S/C13H13BrN2O3S3/c1-16(2)13(17)20-10-5-3-9(4-6-10)15-22(18,19)12-8-7-11(14)21-12/h3-8,15H,1-2H3. The van der Waals surface area contributed by atoms with Crippen molar-refractivity contribution in [1.29, 1.82) is 0 Å². The number of sulfonamides is 1. The number of nitrogens with one attached hydrogen (secondary N) is 1. The number of amides is 1. The number of carbonyl (C=O) groups is 1. The second-order valence-corrected chi connectivity index (χ2v) is 9.85. The van der Waals surface area contributed by atoms with E-state index >= 15 is 0 Å². The first-order valence-corrected chi connectivity index (χ1v) is 9.96. The molecule has 1 aromatic heterocycles. The number of nitrogens with zero attached hydrogens (tertiary/aromatic N) is 1. The molecule has 0 spiro atoms. The molecule has 0 unspecified atom stereocenters. The molecule has 0 aliphatic heterocycles. The van der Waals surface area contributed by atoms with Crippen molar-refractivity contribution in [2.45, 2.75) is 9.10 Å². The summed E-state index contributed by atoms with van der Waals surface area (Å²) >= 11 is 5.47. The molecule has 1 N–H and O–H groups in total. The zero-order valence-corrected chi connectivity index (χ0v) is 15.8. The number of anilines is 1. The molecule has 0 aliphatic carbocycles. The van der Waals surface area contributed by atoms with Crippen molar-refractivity contribution in [2.24, 2.45) is 0 Å². The summed E-state index contributed by atoms with van der Waals surface area (Å²) < 4.78 is 27.9. The van der Waals surface area contributed by atoms with E-state index in [0.29, 0.717) is 5.69 Å². The van der Waals surface area contributed by atoms with Crippen molar-refractivity contribution in [1.82, 2.24) is 4.90 Å². The van der Waals surface area contributed by atoms with Gasteiger partial charge in [-0.2, -0.15) is 0 Å². The van der Waals surface area contributed by atoms with Crippen LogP contribution in [0.15, 0.2) is 49.3 Å². The Balaban J connectivity index is 2.10. The van der Waals surface area contributed by atoms with Crippen LogP contribution in [0.1, 0.15) is 0 Å². The van der Waals surface area contributed by atoms with E-state index in [0.717, 1.165) is 31.8 Å². The summed E-state index contributed by atoms with van der Waals surface area (Å²) in [4.78, 5) is 13.8. The maximum Gasteiger partial charge on any atom is 0.285 e. The van der Waals surface area contributed by atoms with Gasteiger partial charge in [-0.05, 0) is 64.1 Å². The van der Waals surface area contributed by atoms with Crippen LogP contribution >= 0.6 is 39.0 Å². The van der Waals surface area contributed by atoms with Gasteiger partial charge in [-0.3, -0.25) is 9.52 Å². The SMILES string of the molecule is CN(C)C(=O)Sc1ccc(NS(=O)(=O)c2ccc(Br)s2)cc1. The maximum absolute atomic E-state index is 12.2. The van der Waals surface area contributed by atoms with E-state index in [9.17, 15) is 13.2 Å². The Hall–Kier alpha value is -1.03. The summed E-state index contributed by atoms with van der Waals surface area (Å²) in [5, 5.41) is -0.0863. The molecule has 2 aromatic rings. The highest BCUT2D eigenvalue weighted by molar-refractivity contribution is 9.11. The Morgan fingerprint density at radius 3 is 2.32 bits per heavy atom. The number of halogens is 1. The fourth-order valence-corrected chi connectivity index (χ4v) is 5.16. The number of thiophene rings is 1. The van der Waals surface area contributed by atoms with Crippen LogP contribution in [0.4, 0.5) is 10.5 Å². The monoisotopic (exact) mass is 420 g/mol. The van der Waals surface area contributed by atoms with Crippen molar-refractivity contribution >= 4 is 60.0 Å². The minimum Gasteiger partial charge on any atom is -0.339 e. The van der Waals surface area contributed by atoms with Gasteiger partial charge in [0.2, 0.25) is 0 Å². The number of thioether (sulfide) groups is 1. The number of benzene rings is 1. The molecule has 0 saturated heterocycles. The minimum atomic E-state index is -3.59. The lowest BCUT2D eigenvalue weighted by molar-refractivity contribution is 0.241. The van der Waals surface area contributed by atoms with E-state index in [1.807, 2.05) is 0 Å². The molecule has 0 fully saturated rings. The van der Waals surface area contributed by atoms with E-state index in [2.05, 4.69) is 20.7 Å². The molecule has 9 heteroatoms. The highest BCUT2D eigenvalue weighted by Crippen LogP contribution is 2.28. The van der Waals surface area contributed by atoms with E-state index in [1.54, 1.807) is 44.4 Å². The van der Waals surface area contributed by atoms with Crippen LogP contribution in [0.3, 0.4) is 0 Å². The lowest BCUT2D eigenvalue weighted by atomic mass is 10.3. The lowest BCUT2D eigenvalue weighted by Crippen LogP contribution is -2.16. The number of carbonyl (C=O) groups excluding carboxylic acids is 1. The molecule has 0 bridgehead atoms. The molecular weight excluding hydrogens is 408 g/mol. The van der Waals surface area contributed by atoms with Crippen LogP contribution < -0.4 is 4.72 Å². The average Bonchev–Trinajstić information content (AvgIpc) is 2.88. The van der Waals surface area contributed by atoms with Crippen molar-refractivity contribution in [3.05, 3.63) is 40.2 Å². The van der Waals surface area contributed by atoms with Crippen molar-refractivity contribution in [3.8, 4) is 0 Å². The molecule has 1 aromatic carbocycles. The largest absolute Gasteiger partial charge is 0.339 e. The zero-order chi connectivity index (χ0) is 16.3. The van der Waals surface area contributed by atoms with Gasteiger partial charge < -0.3 is 4.90 Å². The molecule has 0 radical (unpaired) electrons. The second-order valence-electron chi connectivity index (χ2n) is 4.45. The first-order valence-electron chi connectivity index (χ1n) is 6.05. The molecule has 22 heavy (non-hydrogen) atoms. The molecular formula is C13H13BrN2O3S3. The highest BCUT2D eigenvalue weighted by atomic mass is 79.9. The quantitative estimate of drug-likeness (QED) is 0.756. The highest BCUT2D eigenvalue weighted by Gasteiger charge is 2.16. The molecule has 118 valence electrons. The van der Waals surface area contributed by atoms with E-state index in [-0.39, 0.29) is 9.45 Å². The third-order valence-electron chi connectivity index (χ3n) is 2.49. The van der Waals surface area contributed by atoms with Crippen LogP contribution in [-0.4, -0.2) is 32.7 Å². The normalized spacial score (nSPS) is 11.2. The van der Waals surface area contributed by atoms with Crippen molar-refractivity contribution in [3.63, 3.8) is 0 Å². The summed E-state index contributed by atoms with van der Waals surface area (Å²) in [6.45, 7) is 0. The summed E-state index contributed by atoms with van der Waals surface area (Å²) in [6, 6.07) is 9.89. The van der Waals surface area contributed by atoms with E-state index < -0.39 is 10.0 Å². The van der Waals surface area contributed by atoms with Crippen LogP contribution in [0.25, 0.3) is 0 Å². The van der Waals surface area contributed by atoms with E-state index in [1.165, 1.54) is 11.0 Å². The number of hydrogen-bond acceptors (Lipinski definition) is 5. The Kier molecular flexibility index (Phi) is 5.54. The van der Waals surface area contributed by atoms with Crippen molar-refractivity contribution < 1.29 is 13.2 Å². The smallest absolute Gasteiger partial charge is 0.285 e. The molecule has 1 heterocycles. The van der Waals surface area contributed by atoms with Crippen molar-refractivity contribution in [2.75, 3.05) is 18.8 Å². The van der Waals surface area contributed by atoms with Gasteiger partial charge in [0.25, 0.3) is 15.3 Å². The van der Waals surface area contributed by atoms with Gasteiger partial charge >= 0.3 is 0 Å². The van der Waals surface area contributed by atoms with Gasteiger partial charge in [-0.1, -0.05) is 0 Å². The summed E-state index contributed by atoms with van der Waals surface area (Å²) in [5.41, 5.74) is 0.450. The van der Waals surface area contributed by atoms with Gasteiger partial charge in [0.1, 0.15) is 4.21 Å². The third-order valence-corrected chi connectivity index (χ3v) is 7.03. The predicted molar refractivity (Wildman–Crippen MR) is 94.2 cm³/mol. The van der Waals surface area contributed by atoms with Gasteiger partial charge in [0, 0.05) is 24.7 Å². The van der Waals surface area contributed by atoms with Crippen LogP contribution in [0.5, 0.6) is 0 Å². The van der Waals surface area contributed by atoms with Crippen LogP contribution in [0.2, 0.25) is 0 Å². The summed E-state index contributed by atoms with van der Waals surface area (Å²) in [7, 11) is -0.230. The molecule has 2 rings (SSSR count). The van der Waals surface area contributed by atoms with Gasteiger partial charge in [0.05, 0.1) is 3.79 Å². The van der Waals surface area contributed by atoms with E-state index in [4.69, 9.17) is 0 Å². The second kappa shape index (κ2) is 7.03. The molecule has 1 amide bonds. The summed E-state index contributed by atoms with van der Waals surface area (Å²) in [6.07, 6.45) is 0. The molecule has 0 saturated carbocycles. The Bertz CT molecular complexity index is 770. The van der Waals surface area contributed by atoms with Gasteiger partial charge in [-0.15, -0.1) is 11.3 Å². The maximum atomic E-state index is 12.2. The Labute approximate surface area is 145 Å². The first-order chi connectivity index (χ1) is 10.3. The van der Waals surface area contributed by atoms with Crippen LogP contribution in [0, 0.1) is 0 Å². The average molecular weight is 421 g/mol. The Morgan fingerprint density at radius 1 is 1.18 bits per heavy atom. The third kappa shape index (κ3) is 4.48. The minimum absolute atomic E-state index is 0.0863. The topological polar surface area (TPSA) is 66.5 Å². The summed E-state index contributed by atoms with van der Waals surface area (Å²) in [5.74, 6) is 0. The fourth-order valence-electron chi connectivity index (χ4n) is 1.43. The number of rotatable bonds is 4. The first kappa shape index (κ1) is 17.3.